The molecule has 7 nitrogen and oxygen atoms in total. The van der Waals surface area contributed by atoms with Crippen LogP contribution in [0.3, 0.4) is 0 Å². The van der Waals surface area contributed by atoms with Gasteiger partial charge in [-0.15, -0.1) is 0 Å². The molecule has 1 unspecified atom stereocenters. The molecule has 1 atom stereocenters. The number of nitrogens with zero attached hydrogens (tertiary/aromatic N) is 1. The molecule has 0 saturated carbocycles. The smallest absolute Gasteiger partial charge is 0.347 e. The molecular weight excluding hydrogens is 444 g/mol. The Labute approximate surface area is 204 Å². The number of benzene rings is 3. The molecule has 0 aliphatic carbocycles. The van der Waals surface area contributed by atoms with Crippen molar-refractivity contribution in [2.45, 2.75) is 25.7 Å². The molecule has 0 spiro atoms. The maximum atomic E-state index is 12.9. The fourth-order valence-corrected chi connectivity index (χ4v) is 3.97. The zero-order chi connectivity index (χ0) is 24.8. The zero-order valence-corrected chi connectivity index (χ0v) is 19.6. The Bertz CT molecular complexity index is 1310. The number of fused-ring (bicyclic) bond motifs is 1. The SMILES string of the molecule is CCCCOc1ccccc1C(=O)Oc1ccc2c(c1)OC(N)=C(C#N)C2c1ccccc1OC. The molecule has 0 fully saturated rings. The molecule has 1 aliphatic rings. The average molecular weight is 471 g/mol. The van der Waals surface area contributed by atoms with E-state index >= 15 is 0 Å². The fourth-order valence-electron chi connectivity index (χ4n) is 3.97. The van der Waals surface area contributed by atoms with Crippen molar-refractivity contribution in [3.63, 3.8) is 0 Å². The predicted octanol–water partition coefficient (Wildman–Crippen LogP) is 5.31. The molecule has 4 rings (SSSR count). The summed E-state index contributed by atoms with van der Waals surface area (Å²) >= 11 is 0. The van der Waals surface area contributed by atoms with Crippen LogP contribution in [0.15, 0.2) is 78.2 Å². The lowest BCUT2D eigenvalue weighted by atomic mass is 9.83. The molecule has 0 amide bonds. The lowest BCUT2D eigenvalue weighted by Crippen LogP contribution is -2.21. The summed E-state index contributed by atoms with van der Waals surface area (Å²) in [7, 11) is 1.57. The van der Waals surface area contributed by atoms with E-state index in [-0.39, 0.29) is 17.2 Å². The van der Waals surface area contributed by atoms with Crippen molar-refractivity contribution in [3.05, 3.63) is 94.9 Å². The number of nitrogens with two attached hydrogens (primary N) is 1. The van der Waals surface area contributed by atoms with Gasteiger partial charge in [-0.05, 0) is 30.7 Å². The number of ether oxygens (including phenoxy) is 4. The van der Waals surface area contributed by atoms with Crippen molar-refractivity contribution in [2.24, 2.45) is 5.73 Å². The molecule has 0 bridgehead atoms. The van der Waals surface area contributed by atoms with E-state index < -0.39 is 11.9 Å². The number of allylic oxidation sites excluding steroid dienone is 1. The van der Waals surface area contributed by atoms with Gasteiger partial charge in [-0.3, -0.25) is 0 Å². The molecule has 35 heavy (non-hydrogen) atoms. The minimum atomic E-state index is -0.546. The summed E-state index contributed by atoms with van der Waals surface area (Å²) in [6.45, 7) is 2.59. The lowest BCUT2D eigenvalue weighted by molar-refractivity contribution is 0.0730. The number of rotatable bonds is 8. The first-order chi connectivity index (χ1) is 17.1. The third-order valence-electron chi connectivity index (χ3n) is 5.71. The van der Waals surface area contributed by atoms with Crippen LogP contribution in [-0.4, -0.2) is 19.7 Å². The number of hydrogen-bond donors (Lipinski definition) is 1. The molecule has 3 aromatic carbocycles. The molecule has 178 valence electrons. The van der Waals surface area contributed by atoms with E-state index in [1.807, 2.05) is 30.3 Å². The largest absolute Gasteiger partial charge is 0.496 e. The van der Waals surface area contributed by atoms with Crippen LogP contribution in [0.5, 0.6) is 23.0 Å². The van der Waals surface area contributed by atoms with Crippen LogP contribution < -0.4 is 24.7 Å². The van der Waals surface area contributed by atoms with Gasteiger partial charge in [-0.1, -0.05) is 49.7 Å². The first-order valence-corrected chi connectivity index (χ1v) is 11.4. The maximum Gasteiger partial charge on any atom is 0.347 e. The van der Waals surface area contributed by atoms with Crippen molar-refractivity contribution in [2.75, 3.05) is 13.7 Å². The van der Waals surface area contributed by atoms with Crippen molar-refractivity contribution in [3.8, 4) is 29.1 Å². The zero-order valence-electron chi connectivity index (χ0n) is 19.6. The molecule has 1 aliphatic heterocycles. The van der Waals surface area contributed by atoms with Crippen molar-refractivity contribution < 1.29 is 23.7 Å². The van der Waals surface area contributed by atoms with Gasteiger partial charge < -0.3 is 24.7 Å². The minimum absolute atomic E-state index is 0.00551. The van der Waals surface area contributed by atoms with E-state index in [2.05, 4.69) is 13.0 Å². The number of carbonyl (C=O) groups is 1. The Morgan fingerprint density at radius 2 is 1.80 bits per heavy atom. The molecule has 3 aromatic rings. The highest BCUT2D eigenvalue weighted by molar-refractivity contribution is 5.94. The van der Waals surface area contributed by atoms with Crippen LogP contribution in [0.2, 0.25) is 0 Å². The number of unbranched alkanes of at least 4 members (excludes halogenated alkanes) is 1. The quantitative estimate of drug-likeness (QED) is 0.270. The summed E-state index contributed by atoms with van der Waals surface area (Å²) in [5, 5.41) is 9.80. The van der Waals surface area contributed by atoms with Gasteiger partial charge in [0.05, 0.1) is 19.6 Å². The Kier molecular flexibility index (Phi) is 7.22. The van der Waals surface area contributed by atoms with Crippen molar-refractivity contribution in [1.29, 1.82) is 5.26 Å². The predicted molar refractivity (Wildman–Crippen MR) is 131 cm³/mol. The summed E-state index contributed by atoms with van der Waals surface area (Å²) in [6, 6.07) is 21.6. The van der Waals surface area contributed by atoms with E-state index in [1.54, 1.807) is 43.5 Å². The molecule has 7 heteroatoms. The van der Waals surface area contributed by atoms with Gasteiger partial charge in [0.1, 0.15) is 40.2 Å². The fraction of sp³-hybridized carbons (Fsp3) is 0.214. The molecule has 2 N–H and O–H groups in total. The molecule has 0 saturated heterocycles. The third-order valence-corrected chi connectivity index (χ3v) is 5.71. The van der Waals surface area contributed by atoms with Crippen LogP contribution in [0.25, 0.3) is 0 Å². The van der Waals surface area contributed by atoms with Gasteiger partial charge in [-0.2, -0.15) is 5.26 Å². The van der Waals surface area contributed by atoms with E-state index in [9.17, 15) is 10.1 Å². The number of nitriles is 1. The molecule has 0 radical (unpaired) electrons. The highest BCUT2D eigenvalue weighted by Gasteiger charge is 2.33. The summed E-state index contributed by atoms with van der Waals surface area (Å²) in [5.74, 6) is 0.740. The first kappa shape index (κ1) is 23.7. The highest BCUT2D eigenvalue weighted by Crippen LogP contribution is 2.45. The lowest BCUT2D eigenvalue weighted by Gasteiger charge is -2.27. The Morgan fingerprint density at radius 1 is 1.06 bits per heavy atom. The molecule has 1 heterocycles. The summed E-state index contributed by atoms with van der Waals surface area (Å²) in [6.07, 6.45) is 1.88. The summed E-state index contributed by atoms with van der Waals surface area (Å²) < 4.78 is 22.7. The number of methoxy groups -OCH3 is 1. The van der Waals surface area contributed by atoms with E-state index in [0.717, 1.165) is 18.4 Å². The molecular formula is C28H26N2O5. The van der Waals surface area contributed by atoms with Crippen LogP contribution in [-0.2, 0) is 0 Å². The Morgan fingerprint density at radius 3 is 2.54 bits per heavy atom. The number of hydrogen-bond acceptors (Lipinski definition) is 7. The van der Waals surface area contributed by atoms with Crippen LogP contribution in [0.1, 0.15) is 47.2 Å². The number of carbonyl (C=O) groups excluding carboxylic acids is 1. The topological polar surface area (TPSA) is 104 Å². The summed E-state index contributed by atoms with van der Waals surface area (Å²) in [5.41, 5.74) is 8.22. The van der Waals surface area contributed by atoms with E-state index in [4.69, 9.17) is 24.7 Å². The van der Waals surface area contributed by atoms with Gasteiger partial charge >= 0.3 is 5.97 Å². The minimum Gasteiger partial charge on any atom is -0.496 e. The van der Waals surface area contributed by atoms with Gasteiger partial charge in [-0.25, -0.2) is 4.79 Å². The van der Waals surface area contributed by atoms with Crippen LogP contribution in [0, 0.1) is 11.3 Å². The maximum absolute atomic E-state index is 12.9. The van der Waals surface area contributed by atoms with Crippen molar-refractivity contribution in [1.82, 2.24) is 0 Å². The first-order valence-electron chi connectivity index (χ1n) is 11.4. The van der Waals surface area contributed by atoms with Gasteiger partial charge in [0.2, 0.25) is 5.88 Å². The van der Waals surface area contributed by atoms with Crippen molar-refractivity contribution >= 4 is 5.97 Å². The van der Waals surface area contributed by atoms with Crippen LogP contribution >= 0.6 is 0 Å². The van der Waals surface area contributed by atoms with E-state index in [0.29, 0.717) is 35.0 Å². The Hall–Kier alpha value is -4.44. The highest BCUT2D eigenvalue weighted by atomic mass is 16.5. The number of para-hydroxylation sites is 2. The second-order valence-electron chi connectivity index (χ2n) is 7.95. The monoisotopic (exact) mass is 470 g/mol. The summed E-state index contributed by atoms with van der Waals surface area (Å²) in [4.78, 5) is 12.9. The average Bonchev–Trinajstić information content (AvgIpc) is 2.88. The second kappa shape index (κ2) is 10.7. The van der Waals surface area contributed by atoms with Gasteiger partial charge in [0.25, 0.3) is 0 Å². The second-order valence-corrected chi connectivity index (χ2v) is 7.95. The van der Waals surface area contributed by atoms with Gasteiger partial charge in [0.15, 0.2) is 0 Å². The molecule has 0 aromatic heterocycles. The standard InChI is InChI=1S/C28H26N2O5/c1-3-4-15-33-24-12-8-6-10-21(24)28(31)34-18-13-14-20-25(16-18)35-27(30)22(17-29)26(20)19-9-5-7-11-23(19)32-2/h5-14,16,26H,3-4,15,30H2,1-2H3. The number of esters is 1. The normalized spacial score (nSPS) is 14.4. The van der Waals surface area contributed by atoms with Crippen LogP contribution in [0.4, 0.5) is 0 Å². The third kappa shape index (κ3) is 4.92. The van der Waals surface area contributed by atoms with E-state index in [1.165, 1.54) is 0 Å². The van der Waals surface area contributed by atoms with Gasteiger partial charge in [0, 0.05) is 17.2 Å². The Balaban J connectivity index is 1.65.